The highest BCUT2D eigenvalue weighted by Gasteiger charge is 2.21. The van der Waals surface area contributed by atoms with Crippen molar-refractivity contribution >= 4 is 5.69 Å². The normalized spacial score (nSPS) is 20.5. The predicted octanol–water partition coefficient (Wildman–Crippen LogP) is 2.55. The smallest absolute Gasteiger partial charge is 0.0414 e. The summed E-state index contributed by atoms with van der Waals surface area (Å²) in [6.07, 6.45) is 1.07. The van der Waals surface area contributed by atoms with Gasteiger partial charge in [0.15, 0.2) is 0 Å². The lowest BCUT2D eigenvalue weighted by molar-refractivity contribution is 0.544. The first-order valence-electron chi connectivity index (χ1n) is 5.78. The molecule has 82 valence electrons. The minimum atomic E-state index is 0.226. The number of anilines is 1. The summed E-state index contributed by atoms with van der Waals surface area (Å²) in [6, 6.07) is 8.76. The predicted molar refractivity (Wildman–Crippen MR) is 65.0 cm³/mol. The van der Waals surface area contributed by atoms with E-state index in [4.69, 9.17) is 5.73 Å². The molecule has 0 saturated carbocycles. The molecule has 0 aromatic heterocycles. The maximum atomic E-state index is 6.11. The first-order chi connectivity index (χ1) is 7.18. The lowest BCUT2D eigenvalue weighted by atomic mass is 9.96. The molecule has 1 unspecified atom stereocenters. The van der Waals surface area contributed by atoms with Crippen molar-refractivity contribution in [3.8, 4) is 0 Å². The molecule has 1 aliphatic rings. The molecule has 0 spiro atoms. The molecule has 2 N–H and O–H groups in total. The van der Waals surface area contributed by atoms with Crippen molar-refractivity contribution in [1.82, 2.24) is 0 Å². The van der Waals surface area contributed by atoms with Crippen LogP contribution in [0.15, 0.2) is 24.3 Å². The molecule has 2 heteroatoms. The summed E-state index contributed by atoms with van der Waals surface area (Å²) in [7, 11) is 0. The number of rotatable bonds is 2. The maximum Gasteiger partial charge on any atom is 0.0414 e. The zero-order valence-electron chi connectivity index (χ0n) is 9.61. The second-order valence-electron chi connectivity index (χ2n) is 4.79. The zero-order valence-corrected chi connectivity index (χ0v) is 9.61. The van der Waals surface area contributed by atoms with Crippen LogP contribution in [0, 0.1) is 5.92 Å². The Balaban J connectivity index is 2.28. The Kier molecular flexibility index (Phi) is 2.96. The Morgan fingerprint density at radius 3 is 2.87 bits per heavy atom. The third kappa shape index (κ3) is 2.15. The van der Waals surface area contributed by atoms with Crippen LogP contribution in [0.4, 0.5) is 5.69 Å². The highest BCUT2D eigenvalue weighted by molar-refractivity contribution is 5.56. The summed E-state index contributed by atoms with van der Waals surface area (Å²) in [5.41, 5.74) is 8.76. The molecule has 0 aliphatic carbocycles. The Morgan fingerprint density at radius 2 is 2.13 bits per heavy atom. The number of hydrogen-bond acceptors (Lipinski definition) is 2. The van der Waals surface area contributed by atoms with Gasteiger partial charge in [0.05, 0.1) is 0 Å². The van der Waals surface area contributed by atoms with Gasteiger partial charge in [-0.2, -0.15) is 0 Å². The minimum Gasteiger partial charge on any atom is -0.371 e. The van der Waals surface area contributed by atoms with Crippen LogP contribution in [0.1, 0.15) is 31.9 Å². The van der Waals surface area contributed by atoms with E-state index >= 15 is 0 Å². The van der Waals surface area contributed by atoms with Crippen molar-refractivity contribution < 1.29 is 0 Å². The SMILES string of the molecule is CC(C)CN1CCC(N)c2ccccc21. The fourth-order valence-corrected chi connectivity index (χ4v) is 2.29. The van der Waals surface area contributed by atoms with Crippen LogP contribution in [0.25, 0.3) is 0 Å². The van der Waals surface area contributed by atoms with E-state index in [1.165, 1.54) is 11.3 Å². The van der Waals surface area contributed by atoms with E-state index in [-0.39, 0.29) is 6.04 Å². The Hall–Kier alpha value is -1.02. The van der Waals surface area contributed by atoms with Crippen LogP contribution < -0.4 is 10.6 Å². The van der Waals surface area contributed by atoms with Crippen molar-refractivity contribution in [2.75, 3.05) is 18.0 Å². The van der Waals surface area contributed by atoms with Gasteiger partial charge in [-0.25, -0.2) is 0 Å². The van der Waals surface area contributed by atoms with Gasteiger partial charge in [-0.05, 0) is 24.0 Å². The average Bonchev–Trinajstić information content (AvgIpc) is 2.22. The van der Waals surface area contributed by atoms with E-state index in [0.717, 1.165) is 19.5 Å². The number of nitrogens with two attached hydrogens (primary N) is 1. The summed E-state index contributed by atoms with van der Waals surface area (Å²) in [5.74, 6) is 0.701. The third-order valence-electron chi connectivity index (χ3n) is 2.97. The molecule has 1 aliphatic heterocycles. The Morgan fingerprint density at radius 1 is 1.40 bits per heavy atom. The van der Waals surface area contributed by atoms with Gasteiger partial charge in [0, 0.05) is 24.8 Å². The Bertz CT molecular complexity index is 333. The van der Waals surface area contributed by atoms with Crippen LogP contribution in [0.3, 0.4) is 0 Å². The topological polar surface area (TPSA) is 29.3 Å². The molecule has 0 bridgehead atoms. The van der Waals surface area contributed by atoms with Gasteiger partial charge in [0.2, 0.25) is 0 Å². The van der Waals surface area contributed by atoms with Crippen LogP contribution in [0.5, 0.6) is 0 Å². The molecule has 2 nitrogen and oxygen atoms in total. The monoisotopic (exact) mass is 204 g/mol. The second-order valence-corrected chi connectivity index (χ2v) is 4.79. The number of fused-ring (bicyclic) bond motifs is 1. The highest BCUT2D eigenvalue weighted by Crippen LogP contribution is 2.32. The highest BCUT2D eigenvalue weighted by atomic mass is 15.1. The van der Waals surface area contributed by atoms with Gasteiger partial charge in [0.1, 0.15) is 0 Å². The minimum absolute atomic E-state index is 0.226. The number of hydrogen-bond donors (Lipinski definition) is 1. The van der Waals surface area contributed by atoms with E-state index in [9.17, 15) is 0 Å². The van der Waals surface area contributed by atoms with Crippen LogP contribution in [0.2, 0.25) is 0 Å². The van der Waals surface area contributed by atoms with E-state index < -0.39 is 0 Å². The number of benzene rings is 1. The lowest BCUT2D eigenvalue weighted by Crippen LogP contribution is -2.35. The average molecular weight is 204 g/mol. The standard InChI is InChI=1S/C13H20N2/c1-10(2)9-15-8-7-12(14)11-5-3-4-6-13(11)15/h3-6,10,12H,7-9,14H2,1-2H3. The van der Waals surface area contributed by atoms with Crippen LogP contribution in [-0.4, -0.2) is 13.1 Å². The first kappa shape index (κ1) is 10.5. The molecular weight excluding hydrogens is 184 g/mol. The molecule has 0 amide bonds. The van der Waals surface area contributed by atoms with Gasteiger partial charge in [0.25, 0.3) is 0 Å². The fraction of sp³-hybridized carbons (Fsp3) is 0.538. The molecule has 1 atom stereocenters. The lowest BCUT2D eigenvalue weighted by Gasteiger charge is -2.35. The largest absolute Gasteiger partial charge is 0.371 e. The van der Waals surface area contributed by atoms with E-state index in [1.54, 1.807) is 0 Å². The molecule has 1 heterocycles. The fourth-order valence-electron chi connectivity index (χ4n) is 2.29. The summed E-state index contributed by atoms with van der Waals surface area (Å²) in [6.45, 7) is 6.74. The van der Waals surface area contributed by atoms with E-state index in [1.807, 2.05) is 0 Å². The summed E-state index contributed by atoms with van der Waals surface area (Å²) in [4.78, 5) is 2.46. The molecule has 0 fully saturated rings. The molecule has 1 aromatic rings. The van der Waals surface area contributed by atoms with Gasteiger partial charge in [-0.15, -0.1) is 0 Å². The molecule has 15 heavy (non-hydrogen) atoms. The third-order valence-corrected chi connectivity index (χ3v) is 2.97. The maximum absolute atomic E-state index is 6.11. The van der Waals surface area contributed by atoms with Crippen LogP contribution >= 0.6 is 0 Å². The quantitative estimate of drug-likeness (QED) is 0.802. The second kappa shape index (κ2) is 4.23. The van der Waals surface area contributed by atoms with Crippen molar-refractivity contribution in [2.24, 2.45) is 11.7 Å². The van der Waals surface area contributed by atoms with Crippen molar-refractivity contribution in [2.45, 2.75) is 26.3 Å². The summed E-state index contributed by atoms with van der Waals surface area (Å²) >= 11 is 0. The van der Waals surface area contributed by atoms with E-state index in [0.29, 0.717) is 5.92 Å². The number of nitrogens with zero attached hydrogens (tertiary/aromatic N) is 1. The van der Waals surface area contributed by atoms with E-state index in [2.05, 4.69) is 43.0 Å². The van der Waals surface area contributed by atoms with Crippen molar-refractivity contribution in [3.63, 3.8) is 0 Å². The van der Waals surface area contributed by atoms with Crippen molar-refractivity contribution in [3.05, 3.63) is 29.8 Å². The molecule has 2 rings (SSSR count). The molecular formula is C13H20N2. The van der Waals surface area contributed by atoms with Gasteiger partial charge < -0.3 is 10.6 Å². The molecule has 1 aromatic carbocycles. The van der Waals surface area contributed by atoms with Crippen LogP contribution in [-0.2, 0) is 0 Å². The zero-order chi connectivity index (χ0) is 10.8. The molecule has 0 radical (unpaired) electrons. The summed E-state index contributed by atoms with van der Waals surface area (Å²) < 4.78 is 0. The number of para-hydroxylation sites is 1. The Labute approximate surface area is 92.1 Å². The van der Waals surface area contributed by atoms with Crippen molar-refractivity contribution in [1.29, 1.82) is 0 Å². The van der Waals surface area contributed by atoms with Gasteiger partial charge in [-0.1, -0.05) is 32.0 Å². The van der Waals surface area contributed by atoms with Gasteiger partial charge >= 0.3 is 0 Å². The van der Waals surface area contributed by atoms with Gasteiger partial charge in [-0.3, -0.25) is 0 Å². The first-order valence-corrected chi connectivity index (χ1v) is 5.78. The molecule has 0 saturated heterocycles. The summed E-state index contributed by atoms with van der Waals surface area (Å²) in [5, 5.41) is 0.